The van der Waals surface area contributed by atoms with E-state index in [0.29, 0.717) is 0 Å². The predicted molar refractivity (Wildman–Crippen MR) is 117 cm³/mol. The molecule has 3 aliphatic rings. The van der Waals surface area contributed by atoms with Crippen LogP contribution in [-0.4, -0.2) is 56.5 Å². The minimum atomic E-state index is -1.01. The van der Waals surface area contributed by atoms with Crippen LogP contribution in [0.4, 0.5) is 0 Å². The van der Waals surface area contributed by atoms with Gasteiger partial charge in [0.2, 0.25) is 12.2 Å². The van der Waals surface area contributed by atoms with Gasteiger partial charge in [0.15, 0.2) is 6.54 Å². The smallest absolute Gasteiger partial charge is 0.269 e. The molecule has 1 aromatic rings. The van der Waals surface area contributed by atoms with Gasteiger partial charge in [-0.15, -0.1) is 17.9 Å². The number of carbonyl (C=O) groups excluding carboxylic acids is 3. The zero-order chi connectivity index (χ0) is 23.3. The first-order chi connectivity index (χ1) is 15.1. The van der Waals surface area contributed by atoms with Crippen molar-refractivity contribution in [2.75, 3.05) is 6.54 Å². The molecule has 2 amide bonds. The lowest BCUT2D eigenvalue weighted by molar-refractivity contribution is -0.683. The van der Waals surface area contributed by atoms with E-state index in [1.165, 1.54) is 11.8 Å². The first-order valence-corrected chi connectivity index (χ1v) is 12.0. The maximum atomic E-state index is 12.5. The number of amides is 2. The van der Waals surface area contributed by atoms with Crippen molar-refractivity contribution in [2.45, 2.75) is 56.7 Å². The number of halogens is 1. The van der Waals surface area contributed by atoms with E-state index >= 15 is 0 Å². The van der Waals surface area contributed by atoms with Crippen LogP contribution in [0.15, 0.2) is 23.1 Å². The summed E-state index contributed by atoms with van der Waals surface area (Å²) < 4.78 is 3.76. The van der Waals surface area contributed by atoms with Gasteiger partial charge in [-0.05, 0) is 18.0 Å². The van der Waals surface area contributed by atoms with Gasteiger partial charge in [-0.3, -0.25) is 14.4 Å². The molecule has 3 aliphatic heterocycles. The number of thioether (sulfide) groups is 1. The Hall–Kier alpha value is -1.88. The molecule has 174 valence electrons. The highest BCUT2D eigenvalue weighted by Gasteiger charge is 2.58. The van der Waals surface area contributed by atoms with E-state index in [0.717, 1.165) is 30.0 Å². The van der Waals surface area contributed by atoms with E-state index in [1.54, 1.807) is 16.3 Å². The average Bonchev–Trinajstić information content (AvgIpc) is 3.32. The molecule has 1 aromatic heterocycles. The lowest BCUT2D eigenvalue weighted by Gasteiger charge is -2.50. The molecule has 0 spiro atoms. The zero-order valence-corrected chi connectivity index (χ0v) is 19.9. The summed E-state index contributed by atoms with van der Waals surface area (Å²) in [5.41, 5.74) is 6.62. The molecule has 9 nitrogen and oxygen atoms in total. The Labute approximate surface area is 195 Å². The molecule has 2 saturated heterocycles. The quantitative estimate of drug-likeness (QED) is 0.279. The molecule has 11 heteroatoms. The highest BCUT2D eigenvalue weighted by molar-refractivity contribution is 8.03. The molecule has 2 fully saturated rings. The number of carbonyl (C=O) groups is 3. The second-order valence-corrected chi connectivity index (χ2v) is 10.7. The molecule has 32 heavy (non-hydrogen) atoms. The van der Waals surface area contributed by atoms with Gasteiger partial charge in [0.05, 0.1) is 13.1 Å². The van der Waals surface area contributed by atoms with Crippen molar-refractivity contribution in [2.24, 2.45) is 24.6 Å². The van der Waals surface area contributed by atoms with Crippen LogP contribution in [0.1, 0.15) is 26.0 Å². The summed E-state index contributed by atoms with van der Waals surface area (Å²) >= 11 is 7.47. The van der Waals surface area contributed by atoms with Crippen LogP contribution in [0.25, 0.3) is 0 Å². The second kappa shape index (κ2) is 8.81. The molecule has 0 saturated carbocycles. The molecular formula is C21H28ClN5O4S. The van der Waals surface area contributed by atoms with Crippen molar-refractivity contribution in [3.63, 3.8) is 0 Å². The molecule has 4 heterocycles. The minimum Gasteiger partial charge on any atom is -0.852 e. The Bertz CT molecular complexity index is 993. The largest absolute Gasteiger partial charge is 0.852 e. The second-order valence-electron chi connectivity index (χ2n) is 8.98. The number of imidazole rings is 1. The first kappa shape index (κ1) is 23.3. The van der Waals surface area contributed by atoms with E-state index in [9.17, 15) is 19.5 Å². The molecule has 3 N–H and O–H groups in total. The maximum Gasteiger partial charge on any atom is 0.269 e. The van der Waals surface area contributed by atoms with Crippen LogP contribution >= 0.6 is 23.4 Å². The van der Waals surface area contributed by atoms with Crippen molar-refractivity contribution in [3.8, 4) is 0 Å². The number of rotatable bonds is 8. The van der Waals surface area contributed by atoms with Crippen LogP contribution < -0.4 is 20.7 Å². The highest BCUT2D eigenvalue weighted by Crippen LogP contribution is 2.52. The molecule has 0 radical (unpaired) electrons. The lowest BCUT2D eigenvalue weighted by atomic mass is 9.79. The number of primary amides is 1. The van der Waals surface area contributed by atoms with Gasteiger partial charge in [0.25, 0.3) is 11.1 Å². The number of nitrogens with one attached hydrogen (secondary N) is 1. The number of aromatic nitrogens is 2. The first-order valence-electron chi connectivity index (χ1n) is 10.7. The molecule has 0 bridgehead atoms. The van der Waals surface area contributed by atoms with Crippen LogP contribution in [0, 0.1) is 11.8 Å². The molecule has 4 rings (SSSR count). The zero-order valence-electron chi connectivity index (χ0n) is 18.3. The molecule has 0 aliphatic carbocycles. The third kappa shape index (κ3) is 4.09. The van der Waals surface area contributed by atoms with E-state index in [2.05, 4.69) is 5.32 Å². The number of aryl methyl sites for hydroxylation is 1. The van der Waals surface area contributed by atoms with E-state index < -0.39 is 17.3 Å². The lowest BCUT2D eigenvalue weighted by Crippen LogP contribution is -2.65. The SMILES string of the molecule is C[C@@H]([O-])[C@H]1C(=O)N2C(C(=O)Cl)=C(S[C@@H]3CN[C@H](Cc4c[n+](CC(N)=O)cn4C)C3)[C@H](C)[C@H]12. The molecule has 0 aromatic carbocycles. The fraction of sp³-hybridized carbons (Fsp3) is 0.619. The third-order valence-electron chi connectivity index (χ3n) is 6.64. The standard InChI is InChI=1S/C21H28ClN5O4S/c1-10-17-16(11(2)28)21(31)27(17)18(20(22)30)19(10)32-14-5-12(24-6-14)4-13-7-26(8-15(23)29)9-25(13)3/h7,9-12,14,16-17,24H,4-6,8H2,1-3H3,(H2,23,29)/t10-,11-,12-,14+,16-,17-/m1/s1. The molecular weight excluding hydrogens is 454 g/mol. The molecule has 6 atom stereocenters. The van der Waals surface area contributed by atoms with Crippen LogP contribution in [-0.2, 0) is 34.4 Å². The van der Waals surface area contributed by atoms with Crippen molar-refractivity contribution >= 4 is 40.4 Å². The van der Waals surface area contributed by atoms with Crippen LogP contribution in [0.5, 0.6) is 0 Å². The number of nitrogens with two attached hydrogens (primary N) is 1. The van der Waals surface area contributed by atoms with Crippen molar-refractivity contribution in [1.29, 1.82) is 0 Å². The summed E-state index contributed by atoms with van der Waals surface area (Å²) in [6.45, 7) is 4.38. The third-order valence-corrected chi connectivity index (χ3v) is 8.33. The summed E-state index contributed by atoms with van der Waals surface area (Å²) in [5.74, 6) is -1.37. The Kier molecular flexibility index (Phi) is 6.41. The monoisotopic (exact) mass is 481 g/mol. The Balaban J connectivity index is 1.43. The van der Waals surface area contributed by atoms with E-state index in [-0.39, 0.29) is 47.3 Å². The van der Waals surface area contributed by atoms with Gasteiger partial charge in [-0.1, -0.05) is 13.8 Å². The summed E-state index contributed by atoms with van der Waals surface area (Å²) in [4.78, 5) is 38.1. The van der Waals surface area contributed by atoms with Crippen LogP contribution in [0.3, 0.4) is 0 Å². The number of hydrogen-bond donors (Lipinski definition) is 2. The fourth-order valence-corrected chi connectivity index (χ4v) is 6.96. The minimum absolute atomic E-state index is 0.0866. The van der Waals surface area contributed by atoms with Crippen molar-refractivity contribution in [1.82, 2.24) is 14.8 Å². The summed E-state index contributed by atoms with van der Waals surface area (Å²) in [5, 5.41) is 15.1. The number of β-lactam (4-membered cyclic amide) rings is 1. The maximum absolute atomic E-state index is 12.5. The van der Waals surface area contributed by atoms with Crippen LogP contribution in [0.2, 0.25) is 0 Å². The summed E-state index contributed by atoms with van der Waals surface area (Å²) in [6, 6.07) is -0.0342. The van der Waals surface area contributed by atoms with Gasteiger partial charge in [0.1, 0.15) is 17.6 Å². The van der Waals surface area contributed by atoms with E-state index in [4.69, 9.17) is 17.3 Å². The van der Waals surface area contributed by atoms with Gasteiger partial charge >= 0.3 is 0 Å². The summed E-state index contributed by atoms with van der Waals surface area (Å²) in [7, 11) is 1.94. The van der Waals surface area contributed by atoms with Gasteiger partial charge in [-0.2, -0.15) is 0 Å². The average molecular weight is 482 g/mol. The number of fused-ring (bicyclic) bond motifs is 1. The summed E-state index contributed by atoms with van der Waals surface area (Å²) in [6.07, 6.45) is 4.44. The Morgan fingerprint density at radius 3 is 2.81 bits per heavy atom. The van der Waals surface area contributed by atoms with E-state index in [1.807, 2.05) is 31.1 Å². The van der Waals surface area contributed by atoms with Crippen molar-refractivity contribution in [3.05, 3.63) is 28.8 Å². The van der Waals surface area contributed by atoms with Gasteiger partial charge < -0.3 is 21.1 Å². The normalized spacial score (nSPS) is 30.5. The predicted octanol–water partition coefficient (Wildman–Crippen LogP) is -0.993. The fourth-order valence-electron chi connectivity index (χ4n) is 5.18. The van der Waals surface area contributed by atoms with Crippen molar-refractivity contribution < 1.29 is 24.1 Å². The number of allylic oxidation sites excluding steroid dienone is 1. The van der Waals surface area contributed by atoms with Gasteiger partial charge in [0, 0.05) is 41.0 Å². The Morgan fingerprint density at radius 1 is 1.47 bits per heavy atom. The topological polar surface area (TPSA) is 124 Å². The number of nitrogens with zero attached hydrogens (tertiary/aromatic N) is 3. The molecule has 0 unspecified atom stereocenters. The van der Waals surface area contributed by atoms with Gasteiger partial charge in [-0.25, -0.2) is 9.13 Å². The highest BCUT2D eigenvalue weighted by atomic mass is 35.5. The Morgan fingerprint density at radius 2 is 2.19 bits per heavy atom. The number of hydrogen-bond acceptors (Lipinski definition) is 6.